The van der Waals surface area contributed by atoms with Gasteiger partial charge < -0.3 is 10.1 Å². The Labute approximate surface area is 124 Å². The first kappa shape index (κ1) is 13.9. The van der Waals surface area contributed by atoms with Crippen LogP contribution in [0.3, 0.4) is 0 Å². The van der Waals surface area contributed by atoms with Crippen molar-refractivity contribution in [1.29, 1.82) is 0 Å². The number of aromatic nitrogens is 1. The highest BCUT2D eigenvalue weighted by Gasteiger charge is 2.11. The molecule has 1 aromatic heterocycles. The lowest BCUT2D eigenvalue weighted by Crippen LogP contribution is -2.24. The van der Waals surface area contributed by atoms with E-state index in [1.165, 1.54) is 10.9 Å². The molecule has 0 fully saturated rings. The van der Waals surface area contributed by atoms with E-state index in [0.717, 1.165) is 17.6 Å². The summed E-state index contributed by atoms with van der Waals surface area (Å²) in [7, 11) is 2.03. The van der Waals surface area contributed by atoms with E-state index >= 15 is 0 Å². The average molecular weight is 280 g/mol. The van der Waals surface area contributed by atoms with E-state index in [0.29, 0.717) is 6.54 Å². The van der Waals surface area contributed by atoms with Crippen molar-refractivity contribution in [2.45, 2.75) is 12.6 Å². The Morgan fingerprint density at radius 3 is 2.71 bits per heavy atom. The van der Waals surface area contributed by atoms with Crippen LogP contribution >= 0.6 is 0 Å². The van der Waals surface area contributed by atoms with Crippen LogP contribution in [0.15, 0.2) is 60.8 Å². The summed E-state index contributed by atoms with van der Waals surface area (Å²) in [4.78, 5) is 5.32. The van der Waals surface area contributed by atoms with Gasteiger partial charge in [-0.1, -0.05) is 42.5 Å². The molecule has 3 rings (SSSR count). The normalized spacial score (nSPS) is 12.9. The SMILES string of the molecule is CN(Cc1ccccc1)C[C@H](O)c1ccc2cc[nH]c2c1. The Kier molecular flexibility index (Phi) is 4.04. The number of nitrogens with zero attached hydrogens (tertiary/aromatic N) is 1. The van der Waals surface area contributed by atoms with Gasteiger partial charge in [0.05, 0.1) is 6.10 Å². The first-order valence-corrected chi connectivity index (χ1v) is 7.20. The van der Waals surface area contributed by atoms with E-state index in [4.69, 9.17) is 0 Å². The van der Waals surface area contributed by atoms with E-state index in [1.54, 1.807) is 0 Å². The molecule has 0 aliphatic heterocycles. The monoisotopic (exact) mass is 280 g/mol. The highest BCUT2D eigenvalue weighted by atomic mass is 16.3. The van der Waals surface area contributed by atoms with Crippen molar-refractivity contribution < 1.29 is 5.11 Å². The van der Waals surface area contributed by atoms with Crippen molar-refractivity contribution in [2.24, 2.45) is 0 Å². The summed E-state index contributed by atoms with van der Waals surface area (Å²) >= 11 is 0. The van der Waals surface area contributed by atoms with Crippen LogP contribution in [0.1, 0.15) is 17.2 Å². The van der Waals surface area contributed by atoms with Gasteiger partial charge in [0.1, 0.15) is 0 Å². The number of rotatable bonds is 5. The summed E-state index contributed by atoms with van der Waals surface area (Å²) in [5.41, 5.74) is 3.27. The van der Waals surface area contributed by atoms with Crippen LogP contribution in [0.4, 0.5) is 0 Å². The van der Waals surface area contributed by atoms with Crippen molar-refractivity contribution in [3.8, 4) is 0 Å². The van der Waals surface area contributed by atoms with E-state index in [1.807, 2.05) is 55.7 Å². The molecule has 3 nitrogen and oxygen atoms in total. The maximum absolute atomic E-state index is 10.4. The first-order valence-electron chi connectivity index (χ1n) is 7.20. The number of hydrogen-bond donors (Lipinski definition) is 2. The predicted octanol–water partition coefficient (Wildman–Crippen LogP) is 3.33. The maximum atomic E-state index is 10.4. The fraction of sp³-hybridized carbons (Fsp3) is 0.222. The molecule has 1 atom stereocenters. The Bertz CT molecular complexity index is 705. The molecule has 3 aromatic rings. The second-order valence-electron chi connectivity index (χ2n) is 5.52. The zero-order valence-corrected chi connectivity index (χ0v) is 12.2. The number of hydrogen-bond acceptors (Lipinski definition) is 2. The molecular formula is C18H20N2O. The van der Waals surface area contributed by atoms with Crippen LogP contribution in [-0.2, 0) is 6.54 Å². The van der Waals surface area contributed by atoms with Crippen molar-refractivity contribution in [1.82, 2.24) is 9.88 Å². The molecule has 1 heterocycles. The molecule has 3 heteroatoms. The van der Waals surface area contributed by atoms with Crippen LogP contribution in [0.2, 0.25) is 0 Å². The van der Waals surface area contributed by atoms with Gasteiger partial charge in [0.2, 0.25) is 0 Å². The van der Waals surface area contributed by atoms with E-state index in [-0.39, 0.29) is 0 Å². The third-order valence-corrected chi connectivity index (χ3v) is 3.74. The Hall–Kier alpha value is -2.10. The number of benzene rings is 2. The number of aliphatic hydroxyl groups is 1. The smallest absolute Gasteiger partial charge is 0.0917 e. The van der Waals surface area contributed by atoms with Gasteiger partial charge in [0.25, 0.3) is 0 Å². The van der Waals surface area contributed by atoms with Crippen LogP contribution in [-0.4, -0.2) is 28.6 Å². The van der Waals surface area contributed by atoms with Gasteiger partial charge in [-0.2, -0.15) is 0 Å². The Balaban J connectivity index is 1.66. The molecule has 0 saturated carbocycles. The number of nitrogens with one attached hydrogen (secondary N) is 1. The third kappa shape index (κ3) is 3.32. The zero-order valence-electron chi connectivity index (χ0n) is 12.2. The molecule has 0 spiro atoms. The van der Waals surface area contributed by atoms with Crippen molar-refractivity contribution in [3.05, 3.63) is 71.9 Å². The van der Waals surface area contributed by atoms with Gasteiger partial charge in [-0.3, -0.25) is 4.90 Å². The van der Waals surface area contributed by atoms with Crippen LogP contribution < -0.4 is 0 Å². The van der Waals surface area contributed by atoms with Gasteiger partial charge in [-0.25, -0.2) is 0 Å². The summed E-state index contributed by atoms with van der Waals surface area (Å²) < 4.78 is 0. The second-order valence-corrected chi connectivity index (χ2v) is 5.52. The Morgan fingerprint density at radius 1 is 1.10 bits per heavy atom. The molecule has 0 bridgehead atoms. The lowest BCUT2D eigenvalue weighted by atomic mass is 10.1. The third-order valence-electron chi connectivity index (χ3n) is 3.74. The van der Waals surface area contributed by atoms with Gasteiger partial charge in [0, 0.05) is 24.8 Å². The number of fused-ring (bicyclic) bond motifs is 1. The lowest BCUT2D eigenvalue weighted by molar-refractivity contribution is 0.124. The molecule has 0 amide bonds. The quantitative estimate of drug-likeness (QED) is 0.752. The predicted molar refractivity (Wildman–Crippen MR) is 86.0 cm³/mol. The van der Waals surface area contributed by atoms with Crippen LogP contribution in [0, 0.1) is 0 Å². The molecule has 0 aliphatic carbocycles. The minimum absolute atomic E-state index is 0.480. The summed E-state index contributed by atoms with van der Waals surface area (Å²) in [6.07, 6.45) is 1.44. The minimum Gasteiger partial charge on any atom is -0.387 e. The fourth-order valence-electron chi connectivity index (χ4n) is 2.63. The van der Waals surface area contributed by atoms with E-state index in [9.17, 15) is 5.11 Å². The number of H-pyrrole nitrogens is 1. The van der Waals surface area contributed by atoms with E-state index in [2.05, 4.69) is 22.0 Å². The first-order chi connectivity index (χ1) is 10.2. The van der Waals surface area contributed by atoms with E-state index < -0.39 is 6.10 Å². The summed E-state index contributed by atoms with van der Waals surface area (Å²) in [6.45, 7) is 1.45. The highest BCUT2D eigenvalue weighted by molar-refractivity contribution is 5.79. The molecule has 0 aliphatic rings. The highest BCUT2D eigenvalue weighted by Crippen LogP contribution is 2.20. The molecule has 0 saturated heterocycles. The van der Waals surface area contributed by atoms with Crippen LogP contribution in [0.25, 0.3) is 10.9 Å². The van der Waals surface area contributed by atoms with Crippen LogP contribution in [0.5, 0.6) is 0 Å². The molecule has 108 valence electrons. The van der Waals surface area contributed by atoms with Gasteiger partial charge >= 0.3 is 0 Å². The molecule has 21 heavy (non-hydrogen) atoms. The average Bonchev–Trinajstić information content (AvgIpc) is 2.95. The minimum atomic E-state index is -0.480. The summed E-state index contributed by atoms with van der Waals surface area (Å²) in [5, 5.41) is 11.6. The fourth-order valence-corrected chi connectivity index (χ4v) is 2.63. The van der Waals surface area contributed by atoms with Gasteiger partial charge in [-0.15, -0.1) is 0 Å². The molecular weight excluding hydrogens is 260 g/mol. The standard InChI is InChI=1S/C18H20N2O/c1-20(12-14-5-3-2-4-6-14)13-18(21)16-8-7-15-9-10-19-17(15)11-16/h2-11,18-19,21H,12-13H2,1H3/t18-/m0/s1. The molecule has 2 N–H and O–H groups in total. The maximum Gasteiger partial charge on any atom is 0.0917 e. The topological polar surface area (TPSA) is 39.3 Å². The van der Waals surface area contributed by atoms with Crippen molar-refractivity contribution in [2.75, 3.05) is 13.6 Å². The number of aliphatic hydroxyl groups excluding tert-OH is 1. The molecule has 0 unspecified atom stereocenters. The van der Waals surface area contributed by atoms with Crippen molar-refractivity contribution >= 4 is 10.9 Å². The zero-order chi connectivity index (χ0) is 14.7. The number of likely N-dealkylation sites (N-methyl/N-ethyl adjacent to an activating group) is 1. The Morgan fingerprint density at radius 2 is 1.90 bits per heavy atom. The summed E-state index contributed by atoms with van der Waals surface area (Å²) in [6, 6.07) is 18.4. The second kappa shape index (κ2) is 6.12. The van der Waals surface area contributed by atoms with Gasteiger partial charge in [0.15, 0.2) is 0 Å². The molecule has 2 aromatic carbocycles. The van der Waals surface area contributed by atoms with Crippen molar-refractivity contribution in [3.63, 3.8) is 0 Å². The molecule has 0 radical (unpaired) electrons. The van der Waals surface area contributed by atoms with Gasteiger partial charge in [-0.05, 0) is 35.7 Å². The lowest BCUT2D eigenvalue weighted by Gasteiger charge is -2.21. The largest absolute Gasteiger partial charge is 0.387 e. The summed E-state index contributed by atoms with van der Waals surface area (Å²) in [5.74, 6) is 0. The number of aromatic amines is 1.